The molecule has 8 heteroatoms. The molecule has 31 heavy (non-hydrogen) atoms. The number of carbonyl (C=O) groups is 3. The third-order valence-electron chi connectivity index (χ3n) is 6.17. The van der Waals surface area contributed by atoms with Crippen molar-refractivity contribution in [1.82, 2.24) is 0 Å². The van der Waals surface area contributed by atoms with Gasteiger partial charge in [0.2, 0.25) is 17.7 Å². The first-order valence-corrected chi connectivity index (χ1v) is 10.8. The van der Waals surface area contributed by atoms with Gasteiger partial charge in [-0.3, -0.25) is 14.4 Å². The zero-order chi connectivity index (χ0) is 21.7. The van der Waals surface area contributed by atoms with Crippen molar-refractivity contribution < 1.29 is 18.8 Å². The summed E-state index contributed by atoms with van der Waals surface area (Å²) in [6, 6.07) is 10.0. The minimum atomic E-state index is -0.692. The highest BCUT2D eigenvalue weighted by atomic mass is 35.5. The second kappa shape index (κ2) is 7.64. The van der Waals surface area contributed by atoms with Gasteiger partial charge < -0.3 is 15.1 Å². The minimum Gasteiger partial charge on any atom is -0.323 e. The Morgan fingerprint density at radius 1 is 1.13 bits per heavy atom. The molecule has 3 aliphatic rings. The molecule has 2 fully saturated rings. The number of nitrogens with one attached hydrogen (secondary N) is 1. The molecule has 160 valence electrons. The molecule has 5 rings (SSSR count). The number of amides is 3. The number of fused-ring (bicyclic) bond motifs is 1. The minimum absolute atomic E-state index is 0.00125. The molecule has 2 aromatic carbocycles. The number of rotatable bonds is 4. The topological polar surface area (TPSA) is 69.7 Å². The quantitative estimate of drug-likeness (QED) is 0.785. The van der Waals surface area contributed by atoms with Crippen LogP contribution in [0.2, 0.25) is 5.02 Å². The average molecular weight is 442 g/mol. The zero-order valence-electron chi connectivity index (χ0n) is 16.7. The monoisotopic (exact) mass is 441 g/mol. The van der Waals surface area contributed by atoms with Gasteiger partial charge in [0.05, 0.1) is 16.6 Å². The molecule has 2 heterocycles. The summed E-state index contributed by atoms with van der Waals surface area (Å²) in [7, 11) is 0. The molecule has 0 bridgehead atoms. The number of benzene rings is 2. The van der Waals surface area contributed by atoms with Crippen LogP contribution in [0, 0.1) is 17.7 Å². The Morgan fingerprint density at radius 3 is 2.71 bits per heavy atom. The summed E-state index contributed by atoms with van der Waals surface area (Å²) in [6.07, 6.45) is 2.74. The number of anilines is 3. The Hall–Kier alpha value is -2.93. The number of nitrogens with zero attached hydrogens (tertiary/aromatic N) is 2. The molecule has 2 aromatic rings. The average Bonchev–Trinajstić information content (AvgIpc) is 3.41. The Morgan fingerprint density at radius 2 is 1.94 bits per heavy atom. The van der Waals surface area contributed by atoms with Crippen LogP contribution in [0.25, 0.3) is 0 Å². The lowest BCUT2D eigenvalue weighted by atomic mass is 10.1. The Labute approximate surface area is 184 Å². The van der Waals surface area contributed by atoms with E-state index in [0.29, 0.717) is 12.2 Å². The third-order valence-corrected chi connectivity index (χ3v) is 6.46. The molecular formula is C23H21ClFN3O3. The van der Waals surface area contributed by atoms with Crippen molar-refractivity contribution in [3.63, 3.8) is 0 Å². The van der Waals surface area contributed by atoms with E-state index in [4.69, 9.17) is 11.6 Å². The summed E-state index contributed by atoms with van der Waals surface area (Å²) in [5.74, 6) is -1.51. The molecule has 1 unspecified atom stereocenters. The molecule has 6 nitrogen and oxygen atoms in total. The highest BCUT2D eigenvalue weighted by Crippen LogP contribution is 2.38. The second-order valence-corrected chi connectivity index (χ2v) is 8.73. The summed E-state index contributed by atoms with van der Waals surface area (Å²) in [6.45, 7) is 0.884. The van der Waals surface area contributed by atoms with Crippen molar-refractivity contribution in [3.05, 3.63) is 52.8 Å². The lowest BCUT2D eigenvalue weighted by molar-refractivity contribution is -0.122. The third kappa shape index (κ3) is 3.67. The molecule has 1 aliphatic carbocycles. The van der Waals surface area contributed by atoms with Crippen LogP contribution in [0.15, 0.2) is 36.4 Å². The summed E-state index contributed by atoms with van der Waals surface area (Å²) in [5.41, 5.74) is 2.67. The smallest absolute Gasteiger partial charge is 0.230 e. The Bertz CT molecular complexity index is 1100. The predicted octanol–water partition coefficient (Wildman–Crippen LogP) is 3.77. The van der Waals surface area contributed by atoms with Crippen molar-refractivity contribution in [1.29, 1.82) is 0 Å². The SMILES string of the molecule is O=C(Nc1cccc(Cl)c1F)C1CC(=O)N(c2ccc3c(c2)CCN3C(=O)C2CC2)C1. The van der Waals surface area contributed by atoms with E-state index in [1.807, 2.05) is 23.1 Å². The second-order valence-electron chi connectivity index (χ2n) is 8.32. The molecule has 0 spiro atoms. The van der Waals surface area contributed by atoms with Gasteiger partial charge in [0.25, 0.3) is 0 Å². The Balaban J connectivity index is 1.30. The van der Waals surface area contributed by atoms with Crippen molar-refractivity contribution in [2.24, 2.45) is 11.8 Å². The number of carbonyl (C=O) groups excluding carboxylic acids is 3. The van der Waals surface area contributed by atoms with Gasteiger partial charge in [-0.15, -0.1) is 0 Å². The largest absolute Gasteiger partial charge is 0.323 e. The van der Waals surface area contributed by atoms with Crippen LogP contribution >= 0.6 is 11.6 Å². The van der Waals surface area contributed by atoms with E-state index in [9.17, 15) is 18.8 Å². The first-order chi connectivity index (χ1) is 14.9. The van der Waals surface area contributed by atoms with Crippen LogP contribution in [0.4, 0.5) is 21.5 Å². The van der Waals surface area contributed by atoms with E-state index in [1.165, 1.54) is 12.1 Å². The van der Waals surface area contributed by atoms with Crippen LogP contribution in [-0.2, 0) is 20.8 Å². The van der Waals surface area contributed by atoms with Gasteiger partial charge in [-0.2, -0.15) is 0 Å². The van der Waals surface area contributed by atoms with E-state index in [1.54, 1.807) is 11.0 Å². The lowest BCUT2D eigenvalue weighted by Gasteiger charge is -2.20. The highest BCUT2D eigenvalue weighted by Gasteiger charge is 2.38. The number of halogens is 2. The van der Waals surface area contributed by atoms with Crippen molar-refractivity contribution >= 4 is 46.4 Å². The maximum atomic E-state index is 14.1. The molecule has 1 N–H and O–H groups in total. The van der Waals surface area contributed by atoms with E-state index >= 15 is 0 Å². The van der Waals surface area contributed by atoms with E-state index in [0.717, 1.165) is 30.5 Å². The van der Waals surface area contributed by atoms with Gasteiger partial charge in [0.1, 0.15) is 0 Å². The summed E-state index contributed by atoms with van der Waals surface area (Å²) in [5, 5.41) is 2.47. The summed E-state index contributed by atoms with van der Waals surface area (Å²) < 4.78 is 14.1. The van der Waals surface area contributed by atoms with Gasteiger partial charge in [-0.25, -0.2) is 4.39 Å². The Kier molecular flexibility index (Phi) is 4.93. The maximum Gasteiger partial charge on any atom is 0.230 e. The van der Waals surface area contributed by atoms with Gasteiger partial charge in [-0.05, 0) is 55.2 Å². The molecule has 1 saturated heterocycles. The van der Waals surface area contributed by atoms with Gasteiger partial charge >= 0.3 is 0 Å². The fourth-order valence-electron chi connectivity index (χ4n) is 4.30. The number of hydrogen-bond donors (Lipinski definition) is 1. The highest BCUT2D eigenvalue weighted by molar-refractivity contribution is 6.31. The lowest BCUT2D eigenvalue weighted by Crippen LogP contribution is -2.30. The van der Waals surface area contributed by atoms with Crippen LogP contribution in [0.1, 0.15) is 24.8 Å². The predicted molar refractivity (Wildman–Crippen MR) is 116 cm³/mol. The van der Waals surface area contributed by atoms with E-state index in [2.05, 4.69) is 5.32 Å². The fourth-order valence-corrected chi connectivity index (χ4v) is 4.48. The molecule has 1 saturated carbocycles. The van der Waals surface area contributed by atoms with Gasteiger partial charge in [0.15, 0.2) is 5.82 Å². The molecular weight excluding hydrogens is 421 g/mol. The van der Waals surface area contributed by atoms with Crippen molar-refractivity contribution in [3.8, 4) is 0 Å². The van der Waals surface area contributed by atoms with Gasteiger partial charge in [0, 0.05) is 36.8 Å². The normalized spacial score (nSPS) is 20.2. The van der Waals surface area contributed by atoms with E-state index in [-0.39, 0.29) is 41.4 Å². The molecule has 0 aromatic heterocycles. The zero-order valence-corrected chi connectivity index (χ0v) is 17.5. The standard InChI is InChI=1S/C23H21ClFN3O3/c24-17-2-1-3-18(21(17)25)26-22(30)15-11-20(29)28(12-15)16-6-7-19-14(10-16)8-9-27(19)23(31)13-4-5-13/h1-3,6-7,10,13,15H,4-5,8-9,11-12H2,(H,26,30). The molecule has 0 radical (unpaired) electrons. The van der Waals surface area contributed by atoms with Crippen LogP contribution in [0.3, 0.4) is 0 Å². The van der Waals surface area contributed by atoms with Crippen LogP contribution in [0.5, 0.6) is 0 Å². The number of hydrogen-bond acceptors (Lipinski definition) is 3. The fraction of sp³-hybridized carbons (Fsp3) is 0.348. The van der Waals surface area contributed by atoms with Crippen LogP contribution < -0.4 is 15.1 Å². The van der Waals surface area contributed by atoms with Crippen molar-refractivity contribution in [2.75, 3.05) is 28.2 Å². The first kappa shape index (κ1) is 20.0. The van der Waals surface area contributed by atoms with E-state index < -0.39 is 17.6 Å². The van der Waals surface area contributed by atoms with Crippen LogP contribution in [-0.4, -0.2) is 30.8 Å². The molecule has 1 atom stereocenters. The van der Waals surface area contributed by atoms with Gasteiger partial charge in [-0.1, -0.05) is 17.7 Å². The summed E-state index contributed by atoms with van der Waals surface area (Å²) in [4.78, 5) is 41.1. The first-order valence-electron chi connectivity index (χ1n) is 10.4. The molecule has 2 aliphatic heterocycles. The maximum absolute atomic E-state index is 14.1. The molecule has 3 amide bonds. The summed E-state index contributed by atoms with van der Waals surface area (Å²) >= 11 is 5.77. The van der Waals surface area contributed by atoms with Crippen molar-refractivity contribution in [2.45, 2.75) is 25.7 Å².